The second-order valence-corrected chi connectivity index (χ2v) is 6.31. The Kier molecular flexibility index (Phi) is 5.38. The number of nitrogens with one attached hydrogen (secondary N) is 1. The predicted octanol–water partition coefficient (Wildman–Crippen LogP) is 0.631. The van der Waals surface area contributed by atoms with Crippen LogP contribution in [-0.4, -0.2) is 68.7 Å². The molecule has 0 aromatic heterocycles. The van der Waals surface area contributed by atoms with Crippen LogP contribution in [0.3, 0.4) is 0 Å². The van der Waals surface area contributed by atoms with Gasteiger partial charge in [0.15, 0.2) is 11.5 Å². The highest BCUT2D eigenvalue weighted by atomic mass is 16.5. The number of benzene rings is 1. The van der Waals surface area contributed by atoms with Gasteiger partial charge in [-0.1, -0.05) is 12.1 Å². The van der Waals surface area contributed by atoms with Gasteiger partial charge in [-0.15, -0.1) is 0 Å². The fourth-order valence-corrected chi connectivity index (χ4v) is 3.22. The number of rotatable bonds is 3. The third kappa shape index (κ3) is 4.14. The Morgan fingerprint density at radius 2 is 2.30 bits per heavy atom. The second kappa shape index (κ2) is 7.49. The Balaban J connectivity index is 1.75. The van der Waals surface area contributed by atoms with Crippen molar-refractivity contribution in [2.24, 2.45) is 0 Å². The Morgan fingerprint density at radius 3 is 3.17 bits per heavy atom. The molecule has 0 bridgehead atoms. The number of fused-ring (bicyclic) bond motifs is 1. The van der Waals surface area contributed by atoms with Gasteiger partial charge in [0.2, 0.25) is 0 Å². The summed E-state index contributed by atoms with van der Waals surface area (Å²) in [5.41, 5.74) is 0.241. The lowest BCUT2D eigenvalue weighted by molar-refractivity contribution is -0.0514. The van der Waals surface area contributed by atoms with Crippen LogP contribution in [0.25, 0.3) is 0 Å². The van der Waals surface area contributed by atoms with Crippen molar-refractivity contribution in [3.05, 3.63) is 23.8 Å². The maximum absolute atomic E-state index is 10.8. The van der Waals surface area contributed by atoms with E-state index in [0.717, 1.165) is 43.1 Å². The Morgan fingerprint density at radius 1 is 1.39 bits per heavy atom. The van der Waals surface area contributed by atoms with Crippen LogP contribution in [0, 0.1) is 0 Å². The normalized spacial score (nSPS) is 26.3. The van der Waals surface area contributed by atoms with Gasteiger partial charge in [0, 0.05) is 38.3 Å². The van der Waals surface area contributed by atoms with Gasteiger partial charge in [-0.05, 0) is 12.5 Å². The number of para-hydroxylation sites is 1. The molecule has 2 aliphatic rings. The molecule has 1 atom stereocenters. The van der Waals surface area contributed by atoms with E-state index in [2.05, 4.69) is 16.3 Å². The number of ether oxygens (including phenoxy) is 3. The summed E-state index contributed by atoms with van der Waals surface area (Å²) in [6.07, 6.45) is 0.919. The maximum Gasteiger partial charge on any atom is 0.165 e. The second-order valence-electron chi connectivity index (χ2n) is 6.31. The fraction of sp³-hybridized carbons (Fsp3) is 0.647. The number of nitrogens with zero attached hydrogens (tertiary/aromatic N) is 1. The lowest BCUT2D eigenvalue weighted by Gasteiger charge is -2.34. The summed E-state index contributed by atoms with van der Waals surface area (Å²) in [4.78, 5) is 2.27. The van der Waals surface area contributed by atoms with Crippen LogP contribution in [0.1, 0.15) is 12.0 Å². The molecule has 2 aliphatic heterocycles. The molecule has 0 aliphatic carbocycles. The molecule has 128 valence electrons. The van der Waals surface area contributed by atoms with E-state index in [9.17, 15) is 5.11 Å². The van der Waals surface area contributed by atoms with E-state index in [1.807, 2.05) is 12.1 Å². The third-order valence-electron chi connectivity index (χ3n) is 4.31. The first-order valence-electron chi connectivity index (χ1n) is 8.22. The van der Waals surface area contributed by atoms with Crippen LogP contribution in [-0.2, 0) is 11.3 Å². The zero-order chi connectivity index (χ0) is 16.1. The first kappa shape index (κ1) is 16.5. The topological polar surface area (TPSA) is 63.2 Å². The van der Waals surface area contributed by atoms with E-state index < -0.39 is 5.60 Å². The molecule has 0 saturated carbocycles. The van der Waals surface area contributed by atoms with Gasteiger partial charge in [-0.25, -0.2) is 0 Å². The number of methoxy groups -OCH3 is 1. The molecule has 0 spiro atoms. The van der Waals surface area contributed by atoms with Gasteiger partial charge in [0.1, 0.15) is 5.60 Å². The summed E-state index contributed by atoms with van der Waals surface area (Å²) in [6.45, 7) is 5.22. The van der Waals surface area contributed by atoms with Gasteiger partial charge in [0.05, 0.1) is 26.9 Å². The average molecular weight is 322 g/mol. The molecule has 0 radical (unpaired) electrons. The highest BCUT2D eigenvalue weighted by Crippen LogP contribution is 2.33. The predicted molar refractivity (Wildman–Crippen MR) is 87.0 cm³/mol. The lowest BCUT2D eigenvalue weighted by atomic mass is 10.0. The number of aliphatic hydroxyl groups is 1. The molecular formula is C17H26N2O4. The summed E-state index contributed by atoms with van der Waals surface area (Å²) in [5, 5.41) is 14.1. The van der Waals surface area contributed by atoms with Crippen molar-refractivity contribution in [3.63, 3.8) is 0 Å². The van der Waals surface area contributed by atoms with E-state index in [1.54, 1.807) is 7.11 Å². The van der Waals surface area contributed by atoms with Crippen LogP contribution in [0.2, 0.25) is 0 Å². The SMILES string of the molecule is COc1cccc2c1OCCCN(CC1(O)CNCCOC1)C2. The smallest absolute Gasteiger partial charge is 0.165 e. The van der Waals surface area contributed by atoms with Crippen LogP contribution in [0.5, 0.6) is 11.5 Å². The first-order valence-corrected chi connectivity index (χ1v) is 8.22. The maximum atomic E-state index is 10.8. The summed E-state index contributed by atoms with van der Waals surface area (Å²) >= 11 is 0. The van der Waals surface area contributed by atoms with Crippen LogP contribution >= 0.6 is 0 Å². The third-order valence-corrected chi connectivity index (χ3v) is 4.31. The largest absolute Gasteiger partial charge is 0.493 e. The minimum atomic E-state index is -0.852. The summed E-state index contributed by atoms with van der Waals surface area (Å²) in [5.74, 6) is 1.59. The molecule has 3 rings (SSSR count). The van der Waals surface area contributed by atoms with Crippen molar-refractivity contribution in [2.45, 2.75) is 18.6 Å². The molecule has 1 aromatic carbocycles. The Labute approximate surface area is 137 Å². The van der Waals surface area contributed by atoms with E-state index >= 15 is 0 Å². The molecule has 2 heterocycles. The monoisotopic (exact) mass is 322 g/mol. The minimum absolute atomic E-state index is 0.373. The molecule has 1 unspecified atom stereocenters. The number of hydrogen-bond acceptors (Lipinski definition) is 6. The summed E-state index contributed by atoms with van der Waals surface area (Å²) in [6, 6.07) is 5.95. The van der Waals surface area contributed by atoms with Gasteiger partial charge in [-0.2, -0.15) is 0 Å². The Bertz CT molecular complexity index is 515. The zero-order valence-electron chi connectivity index (χ0n) is 13.7. The molecular weight excluding hydrogens is 296 g/mol. The summed E-state index contributed by atoms with van der Waals surface area (Å²) in [7, 11) is 1.66. The quantitative estimate of drug-likeness (QED) is 0.851. The van der Waals surface area contributed by atoms with Gasteiger partial charge in [-0.3, -0.25) is 4.90 Å². The van der Waals surface area contributed by atoms with E-state index in [4.69, 9.17) is 14.2 Å². The number of β-amino-alcohol motifs (C(OH)–C–C–N with tert-alkyl or cyclic N) is 1. The van der Waals surface area contributed by atoms with Gasteiger partial charge < -0.3 is 24.6 Å². The molecule has 2 N–H and O–H groups in total. The van der Waals surface area contributed by atoms with Crippen molar-refractivity contribution in [2.75, 3.05) is 53.1 Å². The van der Waals surface area contributed by atoms with Crippen LogP contribution in [0.4, 0.5) is 0 Å². The van der Waals surface area contributed by atoms with E-state index in [0.29, 0.717) is 32.9 Å². The Hall–Kier alpha value is -1.34. The number of hydrogen-bond donors (Lipinski definition) is 2. The van der Waals surface area contributed by atoms with Crippen molar-refractivity contribution in [3.8, 4) is 11.5 Å². The molecule has 1 saturated heterocycles. The molecule has 0 amide bonds. The van der Waals surface area contributed by atoms with E-state index in [-0.39, 0.29) is 0 Å². The van der Waals surface area contributed by atoms with Crippen molar-refractivity contribution in [1.29, 1.82) is 0 Å². The van der Waals surface area contributed by atoms with Crippen molar-refractivity contribution >= 4 is 0 Å². The minimum Gasteiger partial charge on any atom is -0.493 e. The lowest BCUT2D eigenvalue weighted by Crippen LogP contribution is -2.51. The van der Waals surface area contributed by atoms with Crippen LogP contribution in [0.15, 0.2) is 18.2 Å². The van der Waals surface area contributed by atoms with Gasteiger partial charge >= 0.3 is 0 Å². The standard InChI is InChI=1S/C17H26N2O4/c1-21-15-5-2-4-14-10-19(7-3-8-23-16(14)15)12-17(20)11-18-6-9-22-13-17/h2,4-5,18,20H,3,6-13H2,1H3. The summed E-state index contributed by atoms with van der Waals surface area (Å²) < 4.78 is 16.8. The molecule has 6 nitrogen and oxygen atoms in total. The van der Waals surface area contributed by atoms with Crippen molar-refractivity contribution < 1.29 is 19.3 Å². The highest BCUT2D eigenvalue weighted by Gasteiger charge is 2.32. The molecule has 23 heavy (non-hydrogen) atoms. The van der Waals surface area contributed by atoms with Crippen molar-refractivity contribution in [1.82, 2.24) is 10.2 Å². The van der Waals surface area contributed by atoms with Crippen LogP contribution < -0.4 is 14.8 Å². The zero-order valence-corrected chi connectivity index (χ0v) is 13.7. The van der Waals surface area contributed by atoms with Gasteiger partial charge in [0.25, 0.3) is 0 Å². The fourth-order valence-electron chi connectivity index (χ4n) is 3.22. The molecule has 1 aromatic rings. The molecule has 1 fully saturated rings. The molecule has 6 heteroatoms. The highest BCUT2D eigenvalue weighted by molar-refractivity contribution is 5.46. The first-order chi connectivity index (χ1) is 11.2. The average Bonchev–Trinajstić information content (AvgIpc) is 2.74. The van der Waals surface area contributed by atoms with E-state index in [1.165, 1.54) is 0 Å².